The van der Waals surface area contributed by atoms with Gasteiger partial charge in [-0.15, -0.1) is 0 Å². The summed E-state index contributed by atoms with van der Waals surface area (Å²) in [6.07, 6.45) is 3.61. The topological polar surface area (TPSA) is 0 Å². The molecule has 14 heavy (non-hydrogen) atoms. The summed E-state index contributed by atoms with van der Waals surface area (Å²) in [5.74, 6) is 0. The van der Waals surface area contributed by atoms with Gasteiger partial charge < -0.3 is 0 Å². The predicted molar refractivity (Wildman–Crippen MR) is 72.8 cm³/mol. The van der Waals surface area contributed by atoms with Crippen molar-refractivity contribution in [2.45, 2.75) is 30.1 Å². The van der Waals surface area contributed by atoms with Crippen LogP contribution in [0.25, 0.3) is 5.57 Å². The molecule has 0 nitrogen and oxygen atoms in total. The molecule has 1 rings (SSSR count). The summed E-state index contributed by atoms with van der Waals surface area (Å²) in [7, 11) is 0. The molecule has 1 aromatic carbocycles. The minimum Gasteiger partial charge on any atom is -0.0952 e. The molecule has 0 aliphatic carbocycles. The van der Waals surface area contributed by atoms with Crippen molar-refractivity contribution < 1.29 is 0 Å². The molecule has 0 bridgehead atoms. The van der Waals surface area contributed by atoms with Crippen LogP contribution in [-0.2, 0) is 0 Å². The molecule has 0 amide bonds. The summed E-state index contributed by atoms with van der Waals surface area (Å²) in [4.78, 5) is 0. The van der Waals surface area contributed by atoms with Crippen molar-refractivity contribution in [1.29, 1.82) is 0 Å². The van der Waals surface area contributed by atoms with Crippen LogP contribution in [0, 0.1) is 0 Å². The molecule has 76 valence electrons. The van der Waals surface area contributed by atoms with Crippen LogP contribution in [0.3, 0.4) is 0 Å². The van der Waals surface area contributed by atoms with E-state index in [0.717, 1.165) is 10.3 Å². The van der Waals surface area contributed by atoms with Crippen LogP contribution in [0.15, 0.2) is 36.9 Å². The fourth-order valence-electron chi connectivity index (χ4n) is 1.35. The van der Waals surface area contributed by atoms with Crippen molar-refractivity contribution in [3.05, 3.63) is 42.5 Å². The summed E-state index contributed by atoms with van der Waals surface area (Å²) in [6.45, 7) is 6.37. The molecule has 1 aromatic rings. The standard InChI is InChI=1S/C13H17I/c1-3-13(14)10-9-11(2)12-7-5-4-6-8-12/h4-8,13H,2-3,9-10H2,1H3. The van der Waals surface area contributed by atoms with Gasteiger partial charge in [-0.3, -0.25) is 0 Å². The second-order valence-electron chi connectivity index (χ2n) is 3.51. The zero-order valence-corrected chi connectivity index (χ0v) is 10.8. The van der Waals surface area contributed by atoms with Gasteiger partial charge in [-0.1, -0.05) is 66.4 Å². The van der Waals surface area contributed by atoms with Crippen LogP contribution in [-0.4, -0.2) is 3.92 Å². The molecule has 0 saturated heterocycles. The van der Waals surface area contributed by atoms with E-state index in [-0.39, 0.29) is 0 Å². The number of hydrogen-bond donors (Lipinski definition) is 0. The molecular weight excluding hydrogens is 283 g/mol. The van der Waals surface area contributed by atoms with Crippen LogP contribution in [0.5, 0.6) is 0 Å². The lowest BCUT2D eigenvalue weighted by Crippen LogP contribution is -1.95. The maximum absolute atomic E-state index is 4.13. The third-order valence-electron chi connectivity index (χ3n) is 2.38. The van der Waals surface area contributed by atoms with Gasteiger partial charge in [0.2, 0.25) is 0 Å². The molecule has 0 aromatic heterocycles. The van der Waals surface area contributed by atoms with E-state index in [4.69, 9.17) is 0 Å². The van der Waals surface area contributed by atoms with Crippen LogP contribution >= 0.6 is 22.6 Å². The molecule has 0 N–H and O–H groups in total. The number of rotatable bonds is 5. The second kappa shape index (κ2) is 6.23. The Hall–Kier alpha value is -0.310. The quantitative estimate of drug-likeness (QED) is 0.546. The zero-order valence-electron chi connectivity index (χ0n) is 8.67. The fourth-order valence-corrected chi connectivity index (χ4v) is 1.66. The van der Waals surface area contributed by atoms with Gasteiger partial charge in [-0.2, -0.15) is 0 Å². The monoisotopic (exact) mass is 300 g/mol. The largest absolute Gasteiger partial charge is 0.0952 e. The van der Waals surface area contributed by atoms with Crippen molar-refractivity contribution >= 4 is 28.2 Å². The van der Waals surface area contributed by atoms with E-state index < -0.39 is 0 Å². The first-order valence-electron chi connectivity index (χ1n) is 5.11. The summed E-state index contributed by atoms with van der Waals surface area (Å²) < 4.78 is 0.785. The first-order chi connectivity index (χ1) is 6.74. The summed E-state index contributed by atoms with van der Waals surface area (Å²) in [5.41, 5.74) is 2.55. The van der Waals surface area contributed by atoms with E-state index in [1.807, 2.05) is 6.07 Å². The van der Waals surface area contributed by atoms with Gasteiger partial charge in [-0.05, 0) is 30.4 Å². The number of benzene rings is 1. The van der Waals surface area contributed by atoms with Gasteiger partial charge in [0, 0.05) is 3.92 Å². The molecular formula is C13H17I. The maximum Gasteiger partial charge on any atom is 0.0110 e. The molecule has 1 heteroatoms. The molecule has 0 fully saturated rings. The van der Waals surface area contributed by atoms with Gasteiger partial charge in [0.05, 0.1) is 0 Å². The maximum atomic E-state index is 4.13. The summed E-state index contributed by atoms with van der Waals surface area (Å²) >= 11 is 2.52. The molecule has 1 unspecified atom stereocenters. The minimum atomic E-state index is 0.785. The predicted octanol–water partition coefficient (Wildman–Crippen LogP) is 4.69. The lowest BCUT2D eigenvalue weighted by molar-refractivity contribution is 0.780. The van der Waals surface area contributed by atoms with Crippen LogP contribution in [0.1, 0.15) is 31.7 Å². The lowest BCUT2D eigenvalue weighted by atomic mass is 10.0. The van der Waals surface area contributed by atoms with Gasteiger partial charge in [0.1, 0.15) is 0 Å². The van der Waals surface area contributed by atoms with Gasteiger partial charge in [0.15, 0.2) is 0 Å². The van der Waals surface area contributed by atoms with Crippen LogP contribution < -0.4 is 0 Å². The van der Waals surface area contributed by atoms with Crippen molar-refractivity contribution in [3.63, 3.8) is 0 Å². The Bertz CT molecular complexity index is 277. The molecule has 0 spiro atoms. The molecule has 0 radical (unpaired) electrons. The van der Waals surface area contributed by atoms with E-state index in [1.54, 1.807) is 0 Å². The van der Waals surface area contributed by atoms with E-state index in [2.05, 4.69) is 60.4 Å². The van der Waals surface area contributed by atoms with E-state index in [0.29, 0.717) is 0 Å². The highest BCUT2D eigenvalue weighted by molar-refractivity contribution is 14.1. The third-order valence-corrected chi connectivity index (χ3v) is 3.89. The Morgan fingerprint density at radius 3 is 2.57 bits per heavy atom. The first kappa shape index (κ1) is 11.8. The second-order valence-corrected chi connectivity index (χ2v) is 5.28. The molecule has 1 atom stereocenters. The fraction of sp³-hybridized carbons (Fsp3) is 0.385. The Labute approximate surface area is 101 Å². The van der Waals surface area contributed by atoms with Crippen LogP contribution in [0.4, 0.5) is 0 Å². The summed E-state index contributed by atoms with van der Waals surface area (Å²) in [6, 6.07) is 10.5. The highest BCUT2D eigenvalue weighted by atomic mass is 127. The zero-order chi connectivity index (χ0) is 10.4. The Kier molecular flexibility index (Phi) is 5.23. The number of allylic oxidation sites excluding steroid dienone is 1. The van der Waals surface area contributed by atoms with Crippen molar-refractivity contribution in [1.82, 2.24) is 0 Å². The smallest absolute Gasteiger partial charge is 0.0110 e. The van der Waals surface area contributed by atoms with Crippen LogP contribution in [0.2, 0.25) is 0 Å². The molecule has 0 aliphatic rings. The Morgan fingerprint density at radius 2 is 2.00 bits per heavy atom. The molecule has 0 heterocycles. The van der Waals surface area contributed by atoms with Crippen molar-refractivity contribution in [3.8, 4) is 0 Å². The molecule has 0 saturated carbocycles. The first-order valence-corrected chi connectivity index (χ1v) is 6.36. The summed E-state index contributed by atoms with van der Waals surface area (Å²) in [5, 5.41) is 0. The molecule has 0 aliphatic heterocycles. The van der Waals surface area contributed by atoms with E-state index in [1.165, 1.54) is 24.0 Å². The average Bonchev–Trinajstić information content (AvgIpc) is 2.26. The Balaban J connectivity index is 2.44. The van der Waals surface area contributed by atoms with Crippen molar-refractivity contribution in [2.24, 2.45) is 0 Å². The lowest BCUT2D eigenvalue weighted by Gasteiger charge is -2.08. The number of alkyl halides is 1. The van der Waals surface area contributed by atoms with Gasteiger partial charge in [0.25, 0.3) is 0 Å². The van der Waals surface area contributed by atoms with Gasteiger partial charge >= 0.3 is 0 Å². The third kappa shape index (κ3) is 3.82. The highest BCUT2D eigenvalue weighted by Crippen LogP contribution is 2.21. The van der Waals surface area contributed by atoms with E-state index in [9.17, 15) is 0 Å². The SMILES string of the molecule is C=C(CCC(I)CC)c1ccccc1. The van der Waals surface area contributed by atoms with Crippen molar-refractivity contribution in [2.75, 3.05) is 0 Å². The highest BCUT2D eigenvalue weighted by Gasteiger charge is 2.03. The van der Waals surface area contributed by atoms with E-state index >= 15 is 0 Å². The average molecular weight is 300 g/mol. The number of halogens is 1. The van der Waals surface area contributed by atoms with Gasteiger partial charge in [-0.25, -0.2) is 0 Å². The normalized spacial score (nSPS) is 12.4. The minimum absolute atomic E-state index is 0.785. The Morgan fingerprint density at radius 1 is 1.36 bits per heavy atom. The number of hydrogen-bond acceptors (Lipinski definition) is 0.